The summed E-state index contributed by atoms with van der Waals surface area (Å²) in [4.78, 5) is 13.7. The zero-order valence-corrected chi connectivity index (χ0v) is 13.0. The molecule has 1 saturated carbocycles. The van der Waals surface area contributed by atoms with Gasteiger partial charge in [0.15, 0.2) is 0 Å². The third kappa shape index (κ3) is 4.01. The van der Waals surface area contributed by atoms with Gasteiger partial charge >= 0.3 is 0 Å². The number of nitrogens with zero attached hydrogens (tertiary/aromatic N) is 1. The molecule has 0 saturated heterocycles. The molecule has 6 heteroatoms. The van der Waals surface area contributed by atoms with E-state index in [4.69, 9.17) is 22.1 Å². The Labute approximate surface area is 130 Å². The summed E-state index contributed by atoms with van der Waals surface area (Å²) in [6.45, 7) is 0.973. The highest BCUT2D eigenvalue weighted by Crippen LogP contribution is 2.30. The molecule has 1 aromatic rings. The maximum absolute atomic E-state index is 12.1. The highest BCUT2D eigenvalue weighted by Gasteiger charge is 2.41. The number of nitrogens with two attached hydrogens (primary N) is 1. The second-order valence-corrected chi connectivity index (χ2v) is 5.48. The van der Waals surface area contributed by atoms with Gasteiger partial charge in [-0.3, -0.25) is 4.79 Å². The molecule has 2 N–H and O–H groups in total. The van der Waals surface area contributed by atoms with E-state index in [1.54, 1.807) is 36.2 Å². The first-order valence-corrected chi connectivity index (χ1v) is 6.82. The van der Waals surface area contributed by atoms with Crippen LogP contribution >= 0.6 is 24.0 Å². The fourth-order valence-corrected chi connectivity index (χ4v) is 2.21. The fourth-order valence-electron chi connectivity index (χ4n) is 2.08. The predicted molar refractivity (Wildman–Crippen MR) is 82.6 cm³/mol. The van der Waals surface area contributed by atoms with Crippen molar-refractivity contribution in [1.82, 2.24) is 4.90 Å². The molecular weight excluding hydrogens is 299 g/mol. The Morgan fingerprint density at radius 3 is 2.50 bits per heavy atom. The van der Waals surface area contributed by atoms with Crippen molar-refractivity contribution in [1.29, 1.82) is 0 Å². The molecule has 1 amide bonds. The number of hydrogen-bond acceptors (Lipinski definition) is 3. The van der Waals surface area contributed by atoms with Gasteiger partial charge in [-0.1, -0.05) is 11.6 Å². The Morgan fingerprint density at radius 1 is 1.40 bits per heavy atom. The maximum atomic E-state index is 12.1. The van der Waals surface area contributed by atoms with E-state index in [2.05, 4.69) is 0 Å². The average molecular weight is 319 g/mol. The van der Waals surface area contributed by atoms with Crippen LogP contribution in [0.4, 0.5) is 0 Å². The molecular formula is C14H20Cl2N2O2. The zero-order valence-electron chi connectivity index (χ0n) is 11.5. The van der Waals surface area contributed by atoms with E-state index in [9.17, 15) is 4.79 Å². The van der Waals surface area contributed by atoms with Crippen LogP contribution in [0, 0.1) is 0 Å². The summed E-state index contributed by atoms with van der Waals surface area (Å²) >= 11 is 5.79. The van der Waals surface area contributed by atoms with Gasteiger partial charge in [0.1, 0.15) is 12.4 Å². The first-order chi connectivity index (χ1) is 9.01. The van der Waals surface area contributed by atoms with Crippen molar-refractivity contribution in [3.8, 4) is 5.75 Å². The van der Waals surface area contributed by atoms with Gasteiger partial charge in [-0.15, -0.1) is 12.4 Å². The SMILES string of the molecule is CN(CCOc1ccc(Cl)cc1)C(=O)C1(N)CCC1.Cl. The van der Waals surface area contributed by atoms with Gasteiger partial charge in [0.25, 0.3) is 0 Å². The largest absolute Gasteiger partial charge is 0.492 e. The van der Waals surface area contributed by atoms with E-state index in [1.165, 1.54) is 0 Å². The summed E-state index contributed by atoms with van der Waals surface area (Å²) in [5.74, 6) is 0.759. The molecule has 1 aliphatic rings. The van der Waals surface area contributed by atoms with Gasteiger partial charge in [0.05, 0.1) is 12.1 Å². The minimum Gasteiger partial charge on any atom is -0.492 e. The topological polar surface area (TPSA) is 55.6 Å². The summed E-state index contributed by atoms with van der Waals surface area (Å²) in [6, 6.07) is 7.16. The lowest BCUT2D eigenvalue weighted by Crippen LogP contribution is -2.59. The minimum absolute atomic E-state index is 0. The van der Waals surface area contributed by atoms with Gasteiger partial charge < -0.3 is 15.4 Å². The molecule has 0 heterocycles. The molecule has 0 unspecified atom stereocenters. The molecule has 0 atom stereocenters. The van der Waals surface area contributed by atoms with Crippen molar-refractivity contribution in [2.24, 2.45) is 5.73 Å². The summed E-state index contributed by atoms with van der Waals surface area (Å²) < 4.78 is 5.55. The third-order valence-electron chi connectivity index (χ3n) is 3.53. The molecule has 0 aliphatic heterocycles. The molecule has 0 bridgehead atoms. The quantitative estimate of drug-likeness (QED) is 0.907. The molecule has 0 spiro atoms. The Morgan fingerprint density at radius 2 is 2.00 bits per heavy atom. The Bertz CT molecular complexity index is 447. The van der Waals surface area contributed by atoms with E-state index in [0.717, 1.165) is 25.0 Å². The van der Waals surface area contributed by atoms with Crippen molar-refractivity contribution in [3.05, 3.63) is 29.3 Å². The van der Waals surface area contributed by atoms with Crippen LogP contribution in [-0.4, -0.2) is 36.5 Å². The van der Waals surface area contributed by atoms with Crippen molar-refractivity contribution >= 4 is 29.9 Å². The maximum Gasteiger partial charge on any atom is 0.242 e. The molecule has 4 nitrogen and oxygen atoms in total. The monoisotopic (exact) mass is 318 g/mol. The van der Waals surface area contributed by atoms with Gasteiger partial charge in [-0.25, -0.2) is 0 Å². The van der Waals surface area contributed by atoms with Crippen molar-refractivity contribution < 1.29 is 9.53 Å². The zero-order chi connectivity index (χ0) is 13.9. The van der Waals surface area contributed by atoms with E-state index in [1.807, 2.05) is 0 Å². The molecule has 0 radical (unpaired) electrons. The predicted octanol–water partition coefficient (Wildman–Crippen LogP) is 2.48. The summed E-state index contributed by atoms with van der Waals surface area (Å²) in [5.41, 5.74) is 5.37. The highest BCUT2D eigenvalue weighted by molar-refractivity contribution is 6.30. The van der Waals surface area contributed by atoms with E-state index >= 15 is 0 Å². The van der Waals surface area contributed by atoms with Crippen LogP contribution < -0.4 is 10.5 Å². The van der Waals surface area contributed by atoms with Crippen molar-refractivity contribution in [3.63, 3.8) is 0 Å². The van der Waals surface area contributed by atoms with E-state index in [0.29, 0.717) is 18.2 Å². The van der Waals surface area contributed by atoms with Crippen LogP contribution in [0.1, 0.15) is 19.3 Å². The fraction of sp³-hybridized carbons (Fsp3) is 0.500. The number of hydrogen-bond donors (Lipinski definition) is 1. The third-order valence-corrected chi connectivity index (χ3v) is 3.78. The smallest absolute Gasteiger partial charge is 0.242 e. The van der Waals surface area contributed by atoms with Gasteiger partial charge in [0.2, 0.25) is 5.91 Å². The Kier molecular flexibility index (Phi) is 6.11. The molecule has 20 heavy (non-hydrogen) atoms. The molecule has 0 aromatic heterocycles. The number of benzene rings is 1. The van der Waals surface area contributed by atoms with Crippen LogP contribution in [0.15, 0.2) is 24.3 Å². The number of carbonyl (C=O) groups is 1. The number of rotatable bonds is 5. The summed E-state index contributed by atoms with van der Waals surface area (Å²) in [7, 11) is 1.76. The second-order valence-electron chi connectivity index (χ2n) is 5.04. The molecule has 112 valence electrons. The summed E-state index contributed by atoms with van der Waals surface area (Å²) in [6.07, 6.45) is 2.61. The molecule has 1 fully saturated rings. The number of carbonyl (C=O) groups excluding carboxylic acids is 1. The Hall–Kier alpha value is -0.970. The first-order valence-electron chi connectivity index (χ1n) is 6.44. The lowest BCUT2D eigenvalue weighted by atomic mass is 9.77. The normalized spacial score (nSPS) is 15.8. The van der Waals surface area contributed by atoms with Crippen LogP contribution in [0.2, 0.25) is 5.02 Å². The lowest BCUT2D eigenvalue weighted by molar-refractivity contribution is -0.139. The molecule has 1 aliphatic carbocycles. The number of ether oxygens (including phenoxy) is 1. The molecule has 1 aromatic carbocycles. The summed E-state index contributed by atoms with van der Waals surface area (Å²) in [5, 5.41) is 0.676. The van der Waals surface area contributed by atoms with Crippen molar-refractivity contribution in [2.45, 2.75) is 24.8 Å². The van der Waals surface area contributed by atoms with E-state index in [-0.39, 0.29) is 18.3 Å². The lowest BCUT2D eigenvalue weighted by Gasteiger charge is -2.39. The van der Waals surface area contributed by atoms with Gasteiger partial charge in [-0.2, -0.15) is 0 Å². The number of halogens is 2. The van der Waals surface area contributed by atoms with Crippen LogP contribution in [0.3, 0.4) is 0 Å². The van der Waals surface area contributed by atoms with E-state index < -0.39 is 5.54 Å². The first kappa shape index (κ1) is 17.1. The van der Waals surface area contributed by atoms with Gasteiger partial charge in [-0.05, 0) is 43.5 Å². The molecule has 2 rings (SSSR count). The van der Waals surface area contributed by atoms with Gasteiger partial charge in [0, 0.05) is 12.1 Å². The van der Waals surface area contributed by atoms with Crippen LogP contribution in [0.25, 0.3) is 0 Å². The highest BCUT2D eigenvalue weighted by atomic mass is 35.5. The Balaban J connectivity index is 0.00000200. The minimum atomic E-state index is -0.630. The standard InChI is InChI=1S/C14H19ClN2O2.ClH/c1-17(13(18)14(16)7-2-8-14)9-10-19-12-5-3-11(15)4-6-12;/h3-6H,2,7-10,16H2,1H3;1H. The van der Waals surface area contributed by atoms with Crippen molar-refractivity contribution in [2.75, 3.05) is 20.2 Å². The van der Waals surface area contributed by atoms with Crippen LogP contribution in [0.5, 0.6) is 5.75 Å². The number of amides is 1. The van der Waals surface area contributed by atoms with Crippen LogP contribution in [-0.2, 0) is 4.79 Å². The average Bonchev–Trinajstić information content (AvgIpc) is 2.37. The second kappa shape index (κ2) is 7.16. The number of likely N-dealkylation sites (N-methyl/N-ethyl adjacent to an activating group) is 1.